The van der Waals surface area contributed by atoms with E-state index in [4.69, 9.17) is 16.0 Å². The Morgan fingerprint density at radius 2 is 2.08 bits per heavy atom. The largest absolute Gasteiger partial charge is 0.422 e. The monoisotopic (exact) mass is 357 g/mol. The van der Waals surface area contributed by atoms with Crippen LogP contribution in [0.15, 0.2) is 38.3 Å². The maximum atomic E-state index is 12.8. The molecule has 1 aromatic carbocycles. The van der Waals surface area contributed by atoms with Crippen LogP contribution >= 0.6 is 11.6 Å². The highest BCUT2D eigenvalue weighted by Crippen LogP contribution is 2.22. The van der Waals surface area contributed by atoms with Crippen molar-refractivity contribution in [2.75, 3.05) is 0 Å². The number of aryl methyl sites for hydroxylation is 1. The second-order valence-corrected chi connectivity index (χ2v) is 6.30. The molecule has 0 spiro atoms. The van der Waals surface area contributed by atoms with Crippen LogP contribution < -0.4 is 11.2 Å². The fourth-order valence-corrected chi connectivity index (χ4v) is 3.13. The maximum absolute atomic E-state index is 12.8. The molecule has 2 aromatic heterocycles. The van der Waals surface area contributed by atoms with Gasteiger partial charge in [-0.2, -0.15) is 0 Å². The van der Waals surface area contributed by atoms with E-state index < -0.39 is 11.5 Å². The molecule has 0 aliphatic carbocycles. The molecular formula is C17H12ClN3O4. The zero-order chi connectivity index (χ0) is 17.7. The lowest BCUT2D eigenvalue weighted by Crippen LogP contribution is -2.30. The van der Waals surface area contributed by atoms with E-state index in [1.165, 1.54) is 11.0 Å². The summed E-state index contributed by atoms with van der Waals surface area (Å²) in [7, 11) is 0. The van der Waals surface area contributed by atoms with E-state index in [2.05, 4.69) is 9.97 Å². The number of fused-ring (bicyclic) bond motifs is 2. The van der Waals surface area contributed by atoms with Gasteiger partial charge in [0.2, 0.25) is 0 Å². The third-order valence-electron chi connectivity index (χ3n) is 4.12. The van der Waals surface area contributed by atoms with Crippen molar-refractivity contribution >= 4 is 28.5 Å². The van der Waals surface area contributed by atoms with E-state index in [9.17, 15) is 14.4 Å². The number of amides is 1. The highest BCUT2D eigenvalue weighted by molar-refractivity contribution is 6.31. The number of rotatable bonds is 1. The van der Waals surface area contributed by atoms with Gasteiger partial charge in [-0.3, -0.25) is 9.59 Å². The molecule has 25 heavy (non-hydrogen) atoms. The summed E-state index contributed by atoms with van der Waals surface area (Å²) in [6.07, 6.45) is 0. The van der Waals surface area contributed by atoms with E-state index in [0.717, 1.165) is 0 Å². The number of carbonyl (C=O) groups excluding carboxylic acids is 1. The van der Waals surface area contributed by atoms with Gasteiger partial charge in [0.25, 0.3) is 11.5 Å². The zero-order valence-electron chi connectivity index (χ0n) is 13.1. The molecule has 0 saturated heterocycles. The van der Waals surface area contributed by atoms with Crippen LogP contribution in [0.5, 0.6) is 0 Å². The fourth-order valence-electron chi connectivity index (χ4n) is 2.95. The molecule has 0 fully saturated rings. The average Bonchev–Trinajstić information content (AvgIpc) is 2.98. The maximum Gasteiger partial charge on any atom is 0.349 e. The highest BCUT2D eigenvalue weighted by atomic mass is 35.5. The minimum atomic E-state index is -0.728. The molecule has 8 heteroatoms. The number of benzene rings is 1. The van der Waals surface area contributed by atoms with Crippen molar-refractivity contribution in [1.82, 2.24) is 14.9 Å². The second kappa shape index (κ2) is 5.56. The molecule has 3 aromatic rings. The number of H-pyrrole nitrogens is 1. The molecule has 0 saturated carbocycles. The first-order valence-electron chi connectivity index (χ1n) is 7.54. The van der Waals surface area contributed by atoms with Crippen LogP contribution in [0.3, 0.4) is 0 Å². The summed E-state index contributed by atoms with van der Waals surface area (Å²) >= 11 is 5.95. The van der Waals surface area contributed by atoms with Gasteiger partial charge in [-0.25, -0.2) is 9.78 Å². The van der Waals surface area contributed by atoms with E-state index in [0.29, 0.717) is 33.1 Å². The summed E-state index contributed by atoms with van der Waals surface area (Å²) in [4.78, 5) is 45.2. The van der Waals surface area contributed by atoms with Gasteiger partial charge in [0.05, 0.1) is 24.3 Å². The third-order valence-corrected chi connectivity index (χ3v) is 4.36. The van der Waals surface area contributed by atoms with E-state index in [1.54, 1.807) is 25.1 Å². The van der Waals surface area contributed by atoms with Crippen molar-refractivity contribution in [3.63, 3.8) is 0 Å². The molecule has 1 aliphatic heterocycles. The van der Waals surface area contributed by atoms with Crippen LogP contribution in [-0.2, 0) is 13.1 Å². The van der Waals surface area contributed by atoms with Crippen LogP contribution in [0.1, 0.15) is 27.4 Å². The average molecular weight is 358 g/mol. The molecule has 1 aliphatic rings. The van der Waals surface area contributed by atoms with Gasteiger partial charge in [0.1, 0.15) is 17.0 Å². The highest BCUT2D eigenvalue weighted by Gasteiger charge is 2.29. The lowest BCUT2D eigenvalue weighted by atomic mass is 10.1. The quantitative estimate of drug-likeness (QED) is 0.672. The number of nitrogens with one attached hydrogen (secondary N) is 1. The first kappa shape index (κ1) is 15.6. The predicted octanol–water partition coefficient (Wildman–Crippen LogP) is 1.99. The van der Waals surface area contributed by atoms with Gasteiger partial charge in [-0.15, -0.1) is 0 Å². The van der Waals surface area contributed by atoms with Crippen molar-refractivity contribution < 1.29 is 9.21 Å². The molecule has 0 radical (unpaired) electrons. The normalized spacial score (nSPS) is 13.3. The van der Waals surface area contributed by atoms with Gasteiger partial charge in [0.15, 0.2) is 0 Å². The van der Waals surface area contributed by atoms with Gasteiger partial charge in [-0.1, -0.05) is 11.6 Å². The molecule has 0 unspecified atom stereocenters. The summed E-state index contributed by atoms with van der Waals surface area (Å²) in [5.74, 6) is -0.0245. The van der Waals surface area contributed by atoms with Crippen molar-refractivity contribution in [2.24, 2.45) is 0 Å². The van der Waals surface area contributed by atoms with Gasteiger partial charge in [0, 0.05) is 10.4 Å². The summed E-state index contributed by atoms with van der Waals surface area (Å²) in [6, 6.07) is 6.25. The molecule has 3 heterocycles. The van der Waals surface area contributed by atoms with Crippen LogP contribution in [0.25, 0.3) is 11.0 Å². The molecule has 126 valence electrons. The van der Waals surface area contributed by atoms with Gasteiger partial charge in [-0.05, 0) is 31.2 Å². The number of carbonyl (C=O) groups is 1. The zero-order valence-corrected chi connectivity index (χ0v) is 13.9. The van der Waals surface area contributed by atoms with Crippen molar-refractivity contribution in [1.29, 1.82) is 0 Å². The Bertz CT molecular complexity index is 1150. The Balaban J connectivity index is 1.74. The van der Waals surface area contributed by atoms with Gasteiger partial charge < -0.3 is 14.3 Å². The minimum Gasteiger partial charge on any atom is -0.422 e. The number of halogens is 1. The SMILES string of the molecule is Cc1nc2c(c(=O)[nH]1)CN(C(=O)c1cc3cc(Cl)ccc3oc1=O)C2. The molecule has 0 atom stereocenters. The summed E-state index contributed by atoms with van der Waals surface area (Å²) in [5.41, 5.74) is 0.235. The second-order valence-electron chi connectivity index (χ2n) is 5.87. The molecule has 0 bridgehead atoms. The number of aromatic nitrogens is 2. The topological polar surface area (TPSA) is 96.3 Å². The standard InChI is InChI=1S/C17H12ClN3O4/c1-8-19-13-7-21(6-12(13)15(22)20-8)16(23)11-5-9-4-10(18)2-3-14(9)25-17(11)24/h2-5H,6-7H2,1H3,(H,19,20,22). The lowest BCUT2D eigenvalue weighted by molar-refractivity contribution is 0.0746. The van der Waals surface area contributed by atoms with Crippen LogP contribution in [0.4, 0.5) is 0 Å². The van der Waals surface area contributed by atoms with Gasteiger partial charge >= 0.3 is 5.63 Å². The smallest absolute Gasteiger partial charge is 0.349 e. The summed E-state index contributed by atoms with van der Waals surface area (Å²) in [5, 5.41) is 1.03. The predicted molar refractivity (Wildman–Crippen MR) is 90.7 cm³/mol. The summed E-state index contributed by atoms with van der Waals surface area (Å²) < 4.78 is 5.20. The fraction of sp³-hybridized carbons (Fsp3) is 0.176. The molecule has 7 nitrogen and oxygen atoms in total. The van der Waals surface area contributed by atoms with Crippen LogP contribution in [0, 0.1) is 6.92 Å². The minimum absolute atomic E-state index is 0.101. The summed E-state index contributed by atoms with van der Waals surface area (Å²) in [6.45, 7) is 1.95. The molecule has 1 N–H and O–H groups in total. The first-order chi connectivity index (χ1) is 11.9. The number of aromatic amines is 1. The van der Waals surface area contributed by atoms with E-state index >= 15 is 0 Å². The Morgan fingerprint density at radius 3 is 2.88 bits per heavy atom. The van der Waals surface area contributed by atoms with Crippen molar-refractivity contribution in [3.8, 4) is 0 Å². The van der Waals surface area contributed by atoms with E-state index in [1.807, 2.05) is 0 Å². The van der Waals surface area contributed by atoms with E-state index in [-0.39, 0.29) is 24.2 Å². The number of hydrogen-bond acceptors (Lipinski definition) is 5. The Kier molecular flexibility index (Phi) is 3.47. The van der Waals surface area contributed by atoms with Crippen molar-refractivity contribution in [3.05, 3.63) is 72.7 Å². The lowest BCUT2D eigenvalue weighted by Gasteiger charge is -2.14. The van der Waals surface area contributed by atoms with Crippen LogP contribution in [-0.4, -0.2) is 20.8 Å². The Morgan fingerprint density at radius 1 is 1.28 bits per heavy atom. The van der Waals surface area contributed by atoms with Crippen molar-refractivity contribution in [2.45, 2.75) is 20.0 Å². The number of nitrogens with zero attached hydrogens (tertiary/aromatic N) is 2. The Labute approximate surface area is 145 Å². The van der Waals surface area contributed by atoms with Crippen LogP contribution in [0.2, 0.25) is 5.02 Å². The Hall–Kier alpha value is -2.93. The third kappa shape index (κ3) is 2.62. The number of hydrogen-bond donors (Lipinski definition) is 1. The molecule has 1 amide bonds. The molecule has 4 rings (SSSR count). The molecular weight excluding hydrogens is 346 g/mol. The first-order valence-corrected chi connectivity index (χ1v) is 7.91.